The van der Waals surface area contributed by atoms with Crippen LogP contribution in [0.2, 0.25) is 0 Å². The minimum absolute atomic E-state index is 0.826. The van der Waals surface area contributed by atoms with Gasteiger partial charge in [-0.05, 0) is 12.6 Å². The minimum atomic E-state index is 0.826. The summed E-state index contributed by atoms with van der Waals surface area (Å²) in [5.74, 6) is 0. The zero-order valence-electron chi connectivity index (χ0n) is 10.8. The predicted molar refractivity (Wildman–Crippen MR) is 75.8 cm³/mol. The smallest absolute Gasteiger partial charge is 0.0795 e. The molecule has 0 aliphatic rings. The maximum Gasteiger partial charge on any atom is 0.0795 e. The summed E-state index contributed by atoms with van der Waals surface area (Å²) in [7, 11) is 2.09. The van der Waals surface area contributed by atoms with Crippen LogP contribution in [0.4, 0.5) is 5.69 Å². The van der Waals surface area contributed by atoms with Gasteiger partial charge in [0.15, 0.2) is 0 Å². The lowest BCUT2D eigenvalue weighted by atomic mass is 10.2. The van der Waals surface area contributed by atoms with Crippen LogP contribution in [-0.4, -0.2) is 23.6 Å². The SMILES string of the molecule is CCNCc1cnccc1N(C)Cc1cscn1. The molecule has 0 saturated heterocycles. The van der Waals surface area contributed by atoms with Crippen LogP contribution in [0, 0.1) is 0 Å². The van der Waals surface area contributed by atoms with Crippen molar-refractivity contribution in [1.29, 1.82) is 0 Å². The monoisotopic (exact) mass is 262 g/mol. The first-order chi connectivity index (χ1) is 8.81. The topological polar surface area (TPSA) is 41.1 Å². The van der Waals surface area contributed by atoms with Gasteiger partial charge in [-0.3, -0.25) is 4.98 Å². The van der Waals surface area contributed by atoms with Crippen LogP contribution in [0.25, 0.3) is 0 Å². The first-order valence-corrected chi connectivity index (χ1v) is 6.97. The van der Waals surface area contributed by atoms with Gasteiger partial charge in [0.25, 0.3) is 0 Å². The molecule has 2 aromatic heterocycles. The van der Waals surface area contributed by atoms with Crippen LogP contribution >= 0.6 is 11.3 Å². The average Bonchev–Trinajstić information content (AvgIpc) is 2.89. The van der Waals surface area contributed by atoms with Gasteiger partial charge in [0.1, 0.15) is 0 Å². The second-order valence-corrected chi connectivity index (χ2v) is 4.84. The molecule has 0 unspecified atom stereocenters. The molecule has 2 rings (SSSR count). The Balaban J connectivity index is 2.11. The molecule has 0 aliphatic carbocycles. The van der Waals surface area contributed by atoms with Gasteiger partial charge in [-0.15, -0.1) is 11.3 Å². The van der Waals surface area contributed by atoms with Crippen LogP contribution in [0.3, 0.4) is 0 Å². The molecule has 1 N–H and O–H groups in total. The number of nitrogens with zero attached hydrogens (tertiary/aromatic N) is 3. The van der Waals surface area contributed by atoms with Gasteiger partial charge in [0, 0.05) is 42.6 Å². The van der Waals surface area contributed by atoms with E-state index in [4.69, 9.17) is 0 Å². The second-order valence-electron chi connectivity index (χ2n) is 4.12. The number of hydrogen-bond acceptors (Lipinski definition) is 5. The Hall–Kier alpha value is -1.46. The van der Waals surface area contributed by atoms with Gasteiger partial charge in [0.2, 0.25) is 0 Å². The molecule has 0 aliphatic heterocycles. The van der Waals surface area contributed by atoms with E-state index in [0.717, 1.165) is 25.3 Å². The molecule has 0 fully saturated rings. The zero-order chi connectivity index (χ0) is 12.8. The molecule has 0 atom stereocenters. The normalized spacial score (nSPS) is 10.6. The van der Waals surface area contributed by atoms with E-state index >= 15 is 0 Å². The molecule has 0 aromatic carbocycles. The third kappa shape index (κ3) is 3.27. The molecular weight excluding hydrogens is 244 g/mol. The zero-order valence-corrected chi connectivity index (χ0v) is 11.6. The highest BCUT2D eigenvalue weighted by molar-refractivity contribution is 7.07. The Bertz CT molecular complexity index is 470. The van der Waals surface area contributed by atoms with Crippen molar-refractivity contribution in [2.75, 3.05) is 18.5 Å². The lowest BCUT2D eigenvalue weighted by Crippen LogP contribution is -2.21. The largest absolute Gasteiger partial charge is 0.368 e. The Labute approximate surface area is 112 Å². The fourth-order valence-corrected chi connectivity index (χ4v) is 2.38. The lowest BCUT2D eigenvalue weighted by Gasteiger charge is -2.21. The number of nitrogens with one attached hydrogen (secondary N) is 1. The third-order valence-electron chi connectivity index (χ3n) is 2.74. The van der Waals surface area contributed by atoms with E-state index in [0.29, 0.717) is 0 Å². The van der Waals surface area contributed by atoms with Gasteiger partial charge in [-0.25, -0.2) is 4.98 Å². The summed E-state index contributed by atoms with van der Waals surface area (Å²) >= 11 is 1.63. The number of anilines is 1. The summed E-state index contributed by atoms with van der Waals surface area (Å²) in [6, 6.07) is 2.05. The van der Waals surface area contributed by atoms with Crippen molar-refractivity contribution in [3.05, 3.63) is 40.6 Å². The second kappa shape index (κ2) is 6.47. The Morgan fingerprint density at radius 1 is 1.44 bits per heavy atom. The summed E-state index contributed by atoms with van der Waals surface area (Å²) < 4.78 is 0. The van der Waals surface area contributed by atoms with Crippen molar-refractivity contribution in [1.82, 2.24) is 15.3 Å². The van der Waals surface area contributed by atoms with Crippen molar-refractivity contribution in [3.8, 4) is 0 Å². The minimum Gasteiger partial charge on any atom is -0.368 e. The first-order valence-electron chi connectivity index (χ1n) is 6.03. The number of hydrogen-bond donors (Lipinski definition) is 1. The molecule has 2 aromatic rings. The molecule has 0 amide bonds. The predicted octanol–water partition coefficient (Wildman–Crippen LogP) is 2.28. The molecule has 0 radical (unpaired) electrons. The molecule has 96 valence electrons. The highest BCUT2D eigenvalue weighted by Gasteiger charge is 2.08. The summed E-state index contributed by atoms with van der Waals surface area (Å²) in [4.78, 5) is 10.7. The molecule has 5 heteroatoms. The molecule has 2 heterocycles. The van der Waals surface area contributed by atoms with Crippen molar-refractivity contribution in [2.24, 2.45) is 0 Å². The average molecular weight is 262 g/mol. The summed E-state index contributed by atoms with van der Waals surface area (Å²) in [5, 5.41) is 5.42. The van der Waals surface area contributed by atoms with Crippen molar-refractivity contribution in [3.63, 3.8) is 0 Å². The first kappa shape index (κ1) is 13.0. The third-order valence-corrected chi connectivity index (χ3v) is 3.37. The fourth-order valence-electron chi connectivity index (χ4n) is 1.83. The van der Waals surface area contributed by atoms with Crippen LogP contribution in [0.5, 0.6) is 0 Å². The molecule has 0 spiro atoms. The summed E-state index contributed by atoms with van der Waals surface area (Å²) in [6.07, 6.45) is 3.76. The van der Waals surface area contributed by atoms with Crippen LogP contribution in [0.1, 0.15) is 18.2 Å². The van der Waals surface area contributed by atoms with Gasteiger partial charge in [-0.2, -0.15) is 0 Å². The van der Waals surface area contributed by atoms with Crippen molar-refractivity contribution >= 4 is 17.0 Å². The summed E-state index contributed by atoms with van der Waals surface area (Å²) in [6.45, 7) is 4.74. The standard InChI is InChI=1S/C13H18N4S/c1-3-14-6-11-7-15-5-4-13(11)17(2)8-12-9-18-10-16-12/h4-5,7,9-10,14H,3,6,8H2,1-2H3. The maximum atomic E-state index is 4.32. The van der Waals surface area contributed by atoms with E-state index in [9.17, 15) is 0 Å². The van der Waals surface area contributed by atoms with Crippen LogP contribution in [-0.2, 0) is 13.1 Å². The van der Waals surface area contributed by atoms with Crippen LogP contribution in [0.15, 0.2) is 29.4 Å². The van der Waals surface area contributed by atoms with Gasteiger partial charge >= 0.3 is 0 Å². The Morgan fingerprint density at radius 2 is 2.33 bits per heavy atom. The molecule has 4 nitrogen and oxygen atoms in total. The van der Waals surface area contributed by atoms with Gasteiger partial charge < -0.3 is 10.2 Å². The number of aromatic nitrogens is 2. The van der Waals surface area contributed by atoms with Gasteiger partial charge in [-0.1, -0.05) is 6.92 Å². The van der Waals surface area contributed by atoms with Gasteiger partial charge in [0.05, 0.1) is 17.7 Å². The van der Waals surface area contributed by atoms with E-state index in [1.165, 1.54) is 11.3 Å². The quantitative estimate of drug-likeness (QED) is 0.867. The molecular formula is C13H18N4S. The number of thiazole rings is 1. The Morgan fingerprint density at radius 3 is 3.06 bits per heavy atom. The molecule has 18 heavy (non-hydrogen) atoms. The van der Waals surface area contributed by atoms with E-state index in [2.05, 4.69) is 45.6 Å². The van der Waals surface area contributed by atoms with E-state index in [1.54, 1.807) is 11.3 Å². The lowest BCUT2D eigenvalue weighted by molar-refractivity contribution is 0.720. The highest BCUT2D eigenvalue weighted by atomic mass is 32.1. The Kier molecular flexibility index (Phi) is 4.66. The number of pyridine rings is 1. The number of rotatable bonds is 6. The highest BCUT2D eigenvalue weighted by Crippen LogP contribution is 2.19. The fraction of sp³-hybridized carbons (Fsp3) is 0.385. The van der Waals surface area contributed by atoms with Crippen molar-refractivity contribution < 1.29 is 0 Å². The maximum absolute atomic E-state index is 4.32. The molecule has 0 bridgehead atoms. The summed E-state index contributed by atoms with van der Waals surface area (Å²) in [5.41, 5.74) is 5.40. The van der Waals surface area contributed by atoms with Crippen LogP contribution < -0.4 is 10.2 Å². The van der Waals surface area contributed by atoms with E-state index in [-0.39, 0.29) is 0 Å². The van der Waals surface area contributed by atoms with E-state index < -0.39 is 0 Å². The van der Waals surface area contributed by atoms with Crippen molar-refractivity contribution in [2.45, 2.75) is 20.0 Å². The van der Waals surface area contributed by atoms with E-state index in [1.807, 2.05) is 17.9 Å². The molecule has 0 saturated carbocycles.